The Hall–Kier alpha value is -1.07. The van der Waals surface area contributed by atoms with Crippen molar-refractivity contribution < 1.29 is 0 Å². The van der Waals surface area contributed by atoms with Crippen LogP contribution in [0.5, 0.6) is 0 Å². The Kier molecular flexibility index (Phi) is 4.81. The summed E-state index contributed by atoms with van der Waals surface area (Å²) in [6.45, 7) is 6.78. The van der Waals surface area contributed by atoms with Crippen LogP contribution in [0.1, 0.15) is 24.8 Å². The number of hydrazine groups is 1. The largest absolute Gasteiger partial charge is 0.322 e. The molecule has 3 aliphatic heterocycles. The average molecular weight is 347 g/mol. The van der Waals surface area contributed by atoms with Crippen LogP contribution in [0, 0.1) is 0 Å². The Labute approximate surface area is 150 Å². The van der Waals surface area contributed by atoms with Gasteiger partial charge in [-0.1, -0.05) is 23.7 Å². The molecule has 0 bridgehead atoms. The molecule has 0 unspecified atom stereocenters. The lowest BCUT2D eigenvalue weighted by atomic mass is 10.0. The van der Waals surface area contributed by atoms with Crippen LogP contribution < -0.4 is 5.43 Å². The second kappa shape index (κ2) is 7.04. The van der Waals surface area contributed by atoms with Gasteiger partial charge in [0.2, 0.25) is 0 Å². The molecule has 130 valence electrons. The maximum Gasteiger partial charge on any atom is 0.0425 e. The van der Waals surface area contributed by atoms with Crippen molar-refractivity contribution >= 4 is 11.6 Å². The van der Waals surface area contributed by atoms with E-state index in [0.29, 0.717) is 6.04 Å². The highest BCUT2D eigenvalue weighted by Gasteiger charge is 2.32. The van der Waals surface area contributed by atoms with Gasteiger partial charge in [-0.15, -0.1) is 0 Å². The molecule has 0 saturated carbocycles. The molecule has 1 aromatic rings. The molecule has 1 aromatic carbocycles. The first-order valence-electron chi connectivity index (χ1n) is 9.07. The lowest BCUT2D eigenvalue weighted by Gasteiger charge is -2.35. The fraction of sp³-hybridized carbons (Fsp3) is 0.579. The van der Waals surface area contributed by atoms with E-state index in [1.807, 2.05) is 12.1 Å². The summed E-state index contributed by atoms with van der Waals surface area (Å²) in [7, 11) is 2.23. The van der Waals surface area contributed by atoms with Crippen molar-refractivity contribution in [3.8, 4) is 0 Å². The Morgan fingerprint density at radius 3 is 2.58 bits per heavy atom. The highest BCUT2D eigenvalue weighted by molar-refractivity contribution is 6.30. The summed E-state index contributed by atoms with van der Waals surface area (Å²) in [5.74, 6) is 0. The zero-order chi connectivity index (χ0) is 16.5. The lowest BCUT2D eigenvalue weighted by molar-refractivity contribution is 0.107. The van der Waals surface area contributed by atoms with E-state index in [2.05, 4.69) is 39.4 Å². The molecule has 1 fully saturated rings. The monoisotopic (exact) mass is 346 g/mol. The molecule has 0 aliphatic carbocycles. The van der Waals surface area contributed by atoms with Gasteiger partial charge in [0.15, 0.2) is 0 Å². The summed E-state index contributed by atoms with van der Waals surface area (Å²) in [5.41, 5.74) is 8.15. The molecule has 5 heteroatoms. The predicted molar refractivity (Wildman–Crippen MR) is 98.7 cm³/mol. The van der Waals surface area contributed by atoms with Gasteiger partial charge >= 0.3 is 0 Å². The van der Waals surface area contributed by atoms with Gasteiger partial charge in [-0.2, -0.15) is 0 Å². The Morgan fingerprint density at radius 2 is 1.83 bits per heavy atom. The highest BCUT2D eigenvalue weighted by atomic mass is 35.5. The van der Waals surface area contributed by atoms with Crippen molar-refractivity contribution in [2.24, 2.45) is 0 Å². The van der Waals surface area contributed by atoms with E-state index >= 15 is 0 Å². The lowest BCUT2D eigenvalue weighted by Crippen LogP contribution is -2.47. The van der Waals surface area contributed by atoms with Crippen LogP contribution in [0.2, 0.25) is 5.02 Å². The summed E-state index contributed by atoms with van der Waals surface area (Å²) in [6.07, 6.45) is 3.70. The van der Waals surface area contributed by atoms with Crippen LogP contribution in [0.3, 0.4) is 0 Å². The third-order valence-corrected chi connectivity index (χ3v) is 5.86. The summed E-state index contributed by atoms with van der Waals surface area (Å²) < 4.78 is 0. The minimum absolute atomic E-state index is 0.691. The quantitative estimate of drug-likeness (QED) is 0.908. The zero-order valence-corrected chi connectivity index (χ0v) is 15.2. The van der Waals surface area contributed by atoms with Gasteiger partial charge in [0.25, 0.3) is 0 Å². The van der Waals surface area contributed by atoms with Gasteiger partial charge in [-0.25, -0.2) is 5.01 Å². The maximum absolute atomic E-state index is 5.99. The number of rotatable bonds is 3. The van der Waals surface area contributed by atoms with Crippen molar-refractivity contribution in [1.29, 1.82) is 0 Å². The molecular formula is C19H27ClN4. The zero-order valence-electron chi connectivity index (χ0n) is 14.5. The number of hydrogen-bond donors (Lipinski definition) is 1. The Bertz CT molecular complexity index is 604. The standard InChI is InChI=1S/C19H27ClN4/c1-22-9-6-18(7-10-22)24-14-16-13-23(11-8-19(16)21-24)12-15-2-4-17(20)5-3-15/h2-5,18,21H,6-14H2,1H3. The van der Waals surface area contributed by atoms with Gasteiger partial charge in [-0.3, -0.25) is 4.90 Å². The summed E-state index contributed by atoms with van der Waals surface area (Å²) in [4.78, 5) is 5.00. The number of halogens is 1. The van der Waals surface area contributed by atoms with Crippen molar-refractivity contribution in [2.75, 3.05) is 39.8 Å². The molecule has 0 atom stereocenters. The second-order valence-corrected chi connectivity index (χ2v) is 7.88. The first kappa shape index (κ1) is 16.4. The van der Waals surface area contributed by atoms with Crippen LogP contribution >= 0.6 is 11.6 Å². The number of hydrogen-bond acceptors (Lipinski definition) is 4. The van der Waals surface area contributed by atoms with E-state index in [9.17, 15) is 0 Å². The average Bonchev–Trinajstić information content (AvgIpc) is 3.01. The normalized spacial score (nSPS) is 24.2. The van der Waals surface area contributed by atoms with Crippen molar-refractivity contribution in [1.82, 2.24) is 20.2 Å². The summed E-state index contributed by atoms with van der Waals surface area (Å²) in [5, 5.41) is 3.32. The second-order valence-electron chi connectivity index (χ2n) is 7.44. The molecule has 3 heterocycles. The summed E-state index contributed by atoms with van der Waals surface area (Å²) in [6, 6.07) is 8.96. The minimum atomic E-state index is 0.691. The molecular weight excluding hydrogens is 320 g/mol. The first-order chi connectivity index (χ1) is 11.7. The highest BCUT2D eigenvalue weighted by Crippen LogP contribution is 2.27. The molecule has 24 heavy (non-hydrogen) atoms. The van der Waals surface area contributed by atoms with E-state index in [-0.39, 0.29) is 0 Å². The minimum Gasteiger partial charge on any atom is -0.322 e. The Morgan fingerprint density at radius 1 is 1.08 bits per heavy atom. The smallest absolute Gasteiger partial charge is 0.0425 e. The van der Waals surface area contributed by atoms with Crippen LogP contribution in [0.4, 0.5) is 0 Å². The van der Waals surface area contributed by atoms with Gasteiger partial charge < -0.3 is 10.3 Å². The van der Waals surface area contributed by atoms with Crippen LogP contribution in [0.15, 0.2) is 35.5 Å². The number of nitrogens with zero attached hydrogens (tertiary/aromatic N) is 3. The number of nitrogens with one attached hydrogen (secondary N) is 1. The molecule has 0 spiro atoms. The third kappa shape index (κ3) is 3.62. The van der Waals surface area contributed by atoms with E-state index in [1.165, 1.54) is 37.2 Å². The molecule has 4 nitrogen and oxygen atoms in total. The van der Waals surface area contributed by atoms with E-state index in [1.54, 1.807) is 5.57 Å². The van der Waals surface area contributed by atoms with Crippen LogP contribution in [-0.4, -0.2) is 60.6 Å². The molecule has 0 radical (unpaired) electrons. The number of piperidine rings is 1. The molecule has 1 N–H and O–H groups in total. The summed E-state index contributed by atoms with van der Waals surface area (Å²) >= 11 is 5.99. The van der Waals surface area contributed by atoms with Crippen LogP contribution in [-0.2, 0) is 6.54 Å². The first-order valence-corrected chi connectivity index (χ1v) is 9.45. The number of benzene rings is 1. The van der Waals surface area contributed by atoms with Gasteiger partial charge in [0, 0.05) is 49.4 Å². The van der Waals surface area contributed by atoms with Gasteiger partial charge in [-0.05, 0) is 56.2 Å². The number of likely N-dealkylation sites (tertiary alicyclic amines) is 1. The van der Waals surface area contributed by atoms with Crippen molar-refractivity contribution in [3.05, 3.63) is 46.1 Å². The topological polar surface area (TPSA) is 21.8 Å². The van der Waals surface area contributed by atoms with Crippen molar-refractivity contribution in [3.63, 3.8) is 0 Å². The third-order valence-electron chi connectivity index (χ3n) is 5.61. The molecule has 0 amide bonds. The van der Waals surface area contributed by atoms with Gasteiger partial charge in [0.05, 0.1) is 0 Å². The molecule has 4 rings (SSSR count). The predicted octanol–water partition coefficient (Wildman–Crippen LogP) is 2.71. The van der Waals surface area contributed by atoms with Crippen molar-refractivity contribution in [2.45, 2.75) is 31.8 Å². The molecule has 1 saturated heterocycles. The van der Waals surface area contributed by atoms with Crippen LogP contribution in [0.25, 0.3) is 0 Å². The van der Waals surface area contributed by atoms with Gasteiger partial charge in [0.1, 0.15) is 0 Å². The van der Waals surface area contributed by atoms with E-state index in [0.717, 1.165) is 37.6 Å². The van der Waals surface area contributed by atoms with E-state index < -0.39 is 0 Å². The maximum atomic E-state index is 5.99. The molecule has 0 aromatic heterocycles. The Balaban J connectivity index is 1.33. The SMILES string of the molecule is CN1CCC(N2CC3=C(CCN(Cc4ccc(Cl)cc4)C3)N2)CC1. The fourth-order valence-corrected chi connectivity index (χ4v) is 4.23. The fourth-order valence-electron chi connectivity index (χ4n) is 4.10. The van der Waals surface area contributed by atoms with E-state index in [4.69, 9.17) is 11.6 Å². The molecule has 3 aliphatic rings.